The lowest BCUT2D eigenvalue weighted by Gasteiger charge is -2.17. The summed E-state index contributed by atoms with van der Waals surface area (Å²) >= 11 is 0. The van der Waals surface area contributed by atoms with Crippen molar-refractivity contribution in [2.24, 2.45) is 11.8 Å². The molecule has 1 N–H and O–H groups in total. The standard InChI is InChI=1S/C14H16FNO4S/c15-13-5-4-11(6-12(13)14(17)18)21(19,20)16-7-9-2-1-3-10(9)8-16/h4-6,9-10H,1-3,7-8H2,(H,17,18). The highest BCUT2D eigenvalue weighted by Crippen LogP contribution is 2.39. The average molecular weight is 313 g/mol. The van der Waals surface area contributed by atoms with E-state index in [0.717, 1.165) is 37.5 Å². The third-order valence-corrected chi connectivity index (χ3v) is 6.33. The molecule has 2 fully saturated rings. The van der Waals surface area contributed by atoms with Crippen LogP contribution in [0, 0.1) is 17.7 Å². The lowest BCUT2D eigenvalue weighted by atomic mass is 10.0. The highest BCUT2D eigenvalue weighted by molar-refractivity contribution is 7.89. The summed E-state index contributed by atoms with van der Waals surface area (Å²) in [5.74, 6) is -1.60. The molecule has 0 aromatic heterocycles. The molecule has 2 atom stereocenters. The first-order chi connectivity index (χ1) is 9.89. The number of hydrogen-bond acceptors (Lipinski definition) is 3. The van der Waals surface area contributed by atoms with Crippen LogP contribution in [0.2, 0.25) is 0 Å². The third-order valence-electron chi connectivity index (χ3n) is 4.50. The van der Waals surface area contributed by atoms with E-state index < -0.39 is 27.4 Å². The van der Waals surface area contributed by atoms with Crippen molar-refractivity contribution in [2.45, 2.75) is 24.2 Å². The molecule has 1 saturated carbocycles. The minimum absolute atomic E-state index is 0.152. The molecule has 7 heteroatoms. The molecule has 1 aliphatic carbocycles. The average Bonchev–Trinajstić information content (AvgIpc) is 2.99. The van der Waals surface area contributed by atoms with E-state index in [-0.39, 0.29) is 4.90 Å². The number of halogens is 1. The van der Waals surface area contributed by atoms with Crippen molar-refractivity contribution in [2.75, 3.05) is 13.1 Å². The quantitative estimate of drug-likeness (QED) is 0.925. The summed E-state index contributed by atoms with van der Waals surface area (Å²) in [7, 11) is -3.75. The van der Waals surface area contributed by atoms with E-state index in [0.29, 0.717) is 24.9 Å². The van der Waals surface area contributed by atoms with Crippen molar-refractivity contribution < 1.29 is 22.7 Å². The summed E-state index contributed by atoms with van der Waals surface area (Å²) in [5, 5.41) is 8.90. The molecule has 0 spiro atoms. The van der Waals surface area contributed by atoms with Gasteiger partial charge in [0.2, 0.25) is 10.0 Å². The molecule has 1 aromatic rings. The van der Waals surface area contributed by atoms with Gasteiger partial charge in [-0.15, -0.1) is 0 Å². The summed E-state index contributed by atoms with van der Waals surface area (Å²) in [6, 6.07) is 2.93. The van der Waals surface area contributed by atoms with Crippen molar-refractivity contribution in [3.05, 3.63) is 29.6 Å². The molecule has 2 unspecified atom stereocenters. The summed E-state index contributed by atoms with van der Waals surface area (Å²) in [6.07, 6.45) is 3.23. The van der Waals surface area contributed by atoms with Crippen molar-refractivity contribution in [1.82, 2.24) is 4.31 Å². The lowest BCUT2D eigenvalue weighted by Crippen LogP contribution is -2.30. The molecular formula is C14H16FNO4S. The number of hydrogen-bond donors (Lipinski definition) is 1. The minimum Gasteiger partial charge on any atom is -0.478 e. The molecule has 114 valence electrons. The Kier molecular flexibility index (Phi) is 3.49. The zero-order valence-electron chi connectivity index (χ0n) is 11.3. The monoisotopic (exact) mass is 313 g/mol. The van der Waals surface area contributed by atoms with E-state index in [1.165, 1.54) is 4.31 Å². The third kappa shape index (κ3) is 2.44. The number of fused-ring (bicyclic) bond motifs is 1. The van der Waals surface area contributed by atoms with Gasteiger partial charge in [0.25, 0.3) is 0 Å². The van der Waals surface area contributed by atoms with Gasteiger partial charge >= 0.3 is 5.97 Å². The molecule has 1 heterocycles. The topological polar surface area (TPSA) is 74.7 Å². The first kappa shape index (κ1) is 14.5. The Balaban J connectivity index is 1.92. The molecule has 2 aliphatic rings. The second-order valence-corrected chi connectivity index (χ2v) is 7.66. The number of aromatic carboxylic acids is 1. The first-order valence-electron chi connectivity index (χ1n) is 6.92. The number of carboxylic acids is 1. The van der Waals surface area contributed by atoms with Crippen LogP contribution in [0.25, 0.3) is 0 Å². The van der Waals surface area contributed by atoms with Gasteiger partial charge < -0.3 is 5.11 Å². The van der Waals surface area contributed by atoms with Gasteiger partial charge in [-0.2, -0.15) is 4.31 Å². The Morgan fingerprint density at radius 1 is 1.24 bits per heavy atom. The van der Waals surface area contributed by atoms with Crippen LogP contribution in [-0.4, -0.2) is 36.9 Å². The summed E-state index contributed by atoms with van der Waals surface area (Å²) in [6.45, 7) is 0.958. The summed E-state index contributed by atoms with van der Waals surface area (Å²) < 4.78 is 39.9. The highest BCUT2D eigenvalue weighted by atomic mass is 32.2. The molecule has 0 bridgehead atoms. The molecular weight excluding hydrogens is 297 g/mol. The minimum atomic E-state index is -3.75. The molecule has 5 nitrogen and oxygen atoms in total. The van der Waals surface area contributed by atoms with E-state index in [1.807, 2.05) is 0 Å². The lowest BCUT2D eigenvalue weighted by molar-refractivity contribution is 0.0691. The molecule has 0 radical (unpaired) electrons. The number of rotatable bonds is 3. The summed E-state index contributed by atoms with van der Waals surface area (Å²) in [5.41, 5.74) is -0.615. The van der Waals surface area contributed by atoms with Gasteiger partial charge in [0.05, 0.1) is 10.5 Å². The van der Waals surface area contributed by atoms with Crippen LogP contribution in [0.3, 0.4) is 0 Å². The van der Waals surface area contributed by atoms with Crippen LogP contribution in [0.15, 0.2) is 23.1 Å². The predicted molar refractivity (Wildman–Crippen MR) is 72.9 cm³/mol. The first-order valence-corrected chi connectivity index (χ1v) is 8.36. The van der Waals surface area contributed by atoms with E-state index in [1.54, 1.807) is 0 Å². The van der Waals surface area contributed by atoms with Crippen molar-refractivity contribution in [1.29, 1.82) is 0 Å². The van der Waals surface area contributed by atoms with Crippen LogP contribution >= 0.6 is 0 Å². The normalized spacial score (nSPS) is 26.0. The zero-order valence-corrected chi connectivity index (χ0v) is 12.1. The molecule has 1 aromatic carbocycles. The van der Waals surface area contributed by atoms with E-state index in [2.05, 4.69) is 0 Å². The Morgan fingerprint density at radius 2 is 1.86 bits per heavy atom. The van der Waals surface area contributed by atoms with Crippen molar-refractivity contribution in [3.8, 4) is 0 Å². The second kappa shape index (κ2) is 5.06. The maximum absolute atomic E-state index is 13.4. The Bertz CT molecular complexity index is 676. The maximum Gasteiger partial charge on any atom is 0.338 e. The zero-order chi connectivity index (χ0) is 15.2. The smallest absolute Gasteiger partial charge is 0.338 e. The number of carbonyl (C=O) groups is 1. The molecule has 1 aliphatic heterocycles. The van der Waals surface area contributed by atoms with Gasteiger partial charge in [-0.25, -0.2) is 17.6 Å². The number of carboxylic acid groups (broad SMARTS) is 1. The number of sulfonamides is 1. The van der Waals surface area contributed by atoms with E-state index >= 15 is 0 Å². The largest absolute Gasteiger partial charge is 0.478 e. The number of benzene rings is 1. The fourth-order valence-corrected chi connectivity index (χ4v) is 4.95. The maximum atomic E-state index is 13.4. The van der Waals surface area contributed by atoms with Crippen LogP contribution in [-0.2, 0) is 10.0 Å². The SMILES string of the molecule is O=C(O)c1cc(S(=O)(=O)N2CC3CCCC3C2)ccc1F. The van der Waals surface area contributed by atoms with Gasteiger partial charge in [-0.05, 0) is 42.9 Å². The predicted octanol–water partition coefficient (Wildman–Crippen LogP) is 1.94. The number of nitrogens with zero attached hydrogens (tertiary/aromatic N) is 1. The molecule has 1 saturated heterocycles. The fourth-order valence-electron chi connectivity index (χ4n) is 3.37. The second-order valence-electron chi connectivity index (χ2n) is 5.72. The van der Waals surface area contributed by atoms with Gasteiger partial charge in [0, 0.05) is 13.1 Å². The van der Waals surface area contributed by atoms with Crippen LogP contribution in [0.5, 0.6) is 0 Å². The van der Waals surface area contributed by atoms with Crippen molar-refractivity contribution >= 4 is 16.0 Å². The van der Waals surface area contributed by atoms with E-state index in [4.69, 9.17) is 5.11 Å². The van der Waals surface area contributed by atoms with Gasteiger partial charge in [-0.3, -0.25) is 0 Å². The fraction of sp³-hybridized carbons (Fsp3) is 0.500. The highest BCUT2D eigenvalue weighted by Gasteiger charge is 2.41. The van der Waals surface area contributed by atoms with E-state index in [9.17, 15) is 17.6 Å². The van der Waals surface area contributed by atoms with Crippen LogP contribution in [0.4, 0.5) is 4.39 Å². The Morgan fingerprint density at radius 3 is 2.43 bits per heavy atom. The van der Waals surface area contributed by atoms with Crippen LogP contribution in [0.1, 0.15) is 29.6 Å². The molecule has 21 heavy (non-hydrogen) atoms. The Hall–Kier alpha value is -1.47. The van der Waals surface area contributed by atoms with Crippen molar-refractivity contribution in [3.63, 3.8) is 0 Å². The molecule has 0 amide bonds. The van der Waals surface area contributed by atoms with Gasteiger partial charge in [0.1, 0.15) is 5.82 Å². The van der Waals surface area contributed by atoms with Gasteiger partial charge in [-0.1, -0.05) is 6.42 Å². The summed E-state index contributed by atoms with van der Waals surface area (Å²) in [4.78, 5) is 10.8. The molecule has 3 rings (SSSR count). The van der Waals surface area contributed by atoms with Gasteiger partial charge in [0.15, 0.2) is 0 Å². The Labute approximate surface area is 122 Å². The van der Waals surface area contributed by atoms with Crippen LogP contribution < -0.4 is 0 Å².